The van der Waals surface area contributed by atoms with Crippen LogP contribution in [0.2, 0.25) is 0 Å². The summed E-state index contributed by atoms with van der Waals surface area (Å²) in [6, 6.07) is 12.4. The van der Waals surface area contributed by atoms with Crippen molar-refractivity contribution in [1.82, 2.24) is 25.1 Å². The van der Waals surface area contributed by atoms with Gasteiger partial charge < -0.3 is 5.32 Å². The molecule has 3 aromatic heterocycles. The Bertz CT molecular complexity index is 1270. The molecule has 4 aromatic rings. The molecule has 0 fully saturated rings. The summed E-state index contributed by atoms with van der Waals surface area (Å²) < 4.78 is 14.2. The molecule has 0 aliphatic rings. The molecule has 0 aliphatic carbocycles. The first-order valence-electron chi connectivity index (χ1n) is 9.47. The second-order valence-corrected chi connectivity index (χ2v) is 7.85. The van der Waals surface area contributed by atoms with Crippen LogP contribution in [0.4, 0.5) is 4.39 Å². The summed E-state index contributed by atoms with van der Waals surface area (Å²) in [5.74, 6) is -0.705. The number of benzene rings is 1. The largest absolute Gasteiger partial charge is 0.350 e. The van der Waals surface area contributed by atoms with Gasteiger partial charge in [0.1, 0.15) is 17.4 Å². The van der Waals surface area contributed by atoms with E-state index in [1.54, 1.807) is 30.6 Å². The number of halogens is 1. The van der Waals surface area contributed by atoms with E-state index in [-0.39, 0.29) is 18.3 Å². The highest BCUT2D eigenvalue weighted by Crippen LogP contribution is 2.27. The molecule has 0 saturated heterocycles. The number of carbonyl (C=O) groups excluding carboxylic acids is 1. The third-order valence-electron chi connectivity index (χ3n) is 4.55. The summed E-state index contributed by atoms with van der Waals surface area (Å²) in [7, 11) is 0. The predicted molar refractivity (Wildman–Crippen MR) is 116 cm³/mol. The molecule has 0 spiro atoms. The normalized spacial score (nSPS) is 10.8. The molecule has 1 aromatic carbocycles. The number of amides is 1. The first kappa shape index (κ1) is 20.5. The van der Waals surface area contributed by atoms with Crippen LogP contribution in [-0.2, 0) is 17.9 Å². The van der Waals surface area contributed by atoms with E-state index in [9.17, 15) is 14.0 Å². The van der Waals surface area contributed by atoms with E-state index in [2.05, 4.69) is 20.4 Å². The first-order valence-corrected chi connectivity index (χ1v) is 10.3. The lowest BCUT2D eigenvalue weighted by Crippen LogP contribution is -2.33. The van der Waals surface area contributed by atoms with Crippen LogP contribution in [0.25, 0.3) is 21.8 Å². The summed E-state index contributed by atoms with van der Waals surface area (Å²) in [6.07, 6.45) is 3.44. The number of aromatic nitrogens is 4. The van der Waals surface area contributed by atoms with Gasteiger partial charge in [0, 0.05) is 34.5 Å². The zero-order valence-corrected chi connectivity index (χ0v) is 17.4. The van der Waals surface area contributed by atoms with Crippen molar-refractivity contribution in [3.63, 3.8) is 0 Å². The zero-order chi connectivity index (χ0) is 21.8. The van der Waals surface area contributed by atoms with Crippen molar-refractivity contribution < 1.29 is 9.18 Å². The second kappa shape index (κ2) is 8.97. The fourth-order valence-corrected chi connectivity index (χ4v) is 3.90. The lowest BCUT2D eigenvalue weighted by molar-refractivity contribution is -0.122. The van der Waals surface area contributed by atoms with Crippen LogP contribution >= 0.6 is 11.3 Å². The van der Waals surface area contributed by atoms with E-state index in [1.807, 2.05) is 19.1 Å². The van der Waals surface area contributed by atoms with Crippen LogP contribution in [0.3, 0.4) is 0 Å². The maximum atomic E-state index is 13.1. The number of rotatable bonds is 6. The number of pyridine rings is 1. The van der Waals surface area contributed by atoms with Gasteiger partial charge in [-0.15, -0.1) is 11.3 Å². The molecule has 3 heterocycles. The smallest absolute Gasteiger partial charge is 0.267 e. The Hall–Kier alpha value is -3.72. The highest BCUT2D eigenvalue weighted by Gasteiger charge is 2.12. The fraction of sp³-hybridized carbons (Fsp3) is 0.136. The highest BCUT2D eigenvalue weighted by molar-refractivity contribution is 7.15. The third kappa shape index (κ3) is 4.89. The molecule has 156 valence electrons. The molecule has 31 heavy (non-hydrogen) atoms. The molecule has 4 rings (SSSR count). The molecule has 1 N–H and O–H groups in total. The lowest BCUT2D eigenvalue weighted by atomic mass is 10.1. The quantitative estimate of drug-likeness (QED) is 0.502. The number of aryl methyl sites for hydroxylation is 1. The van der Waals surface area contributed by atoms with Gasteiger partial charge in [-0.3, -0.25) is 14.6 Å². The van der Waals surface area contributed by atoms with Gasteiger partial charge in [0.05, 0.1) is 17.9 Å². The molecular formula is C22H18FN5O2S. The van der Waals surface area contributed by atoms with E-state index < -0.39 is 5.56 Å². The van der Waals surface area contributed by atoms with Crippen molar-refractivity contribution in [1.29, 1.82) is 0 Å². The van der Waals surface area contributed by atoms with Crippen LogP contribution in [0.15, 0.2) is 65.7 Å². The molecule has 0 bridgehead atoms. The Morgan fingerprint density at radius 2 is 1.94 bits per heavy atom. The van der Waals surface area contributed by atoms with Crippen LogP contribution in [0.1, 0.15) is 10.6 Å². The molecular weight excluding hydrogens is 417 g/mol. The third-order valence-corrected chi connectivity index (χ3v) is 5.75. The van der Waals surface area contributed by atoms with E-state index in [4.69, 9.17) is 0 Å². The standard InChI is InChI=1S/C22H18FN5O2S/c1-14-19(31-22(26-14)16-3-2-10-24-11-16)12-25-20(29)13-28-21(30)9-8-18(27-28)15-4-6-17(23)7-5-15/h2-11H,12-13H2,1H3,(H,25,29). The molecule has 1 amide bonds. The fourth-order valence-electron chi connectivity index (χ4n) is 2.91. The molecule has 9 heteroatoms. The molecule has 0 aliphatic heterocycles. The SMILES string of the molecule is Cc1nc(-c2cccnc2)sc1CNC(=O)Cn1nc(-c2ccc(F)cc2)ccc1=O. The average Bonchev–Trinajstić information content (AvgIpc) is 3.16. The van der Waals surface area contributed by atoms with Crippen molar-refractivity contribution in [2.24, 2.45) is 0 Å². The minimum absolute atomic E-state index is 0.221. The van der Waals surface area contributed by atoms with Crippen molar-refractivity contribution >= 4 is 17.2 Å². The Morgan fingerprint density at radius 1 is 1.13 bits per heavy atom. The second-order valence-electron chi connectivity index (χ2n) is 6.77. The van der Waals surface area contributed by atoms with E-state index in [0.717, 1.165) is 25.8 Å². The van der Waals surface area contributed by atoms with Gasteiger partial charge in [-0.1, -0.05) is 0 Å². The van der Waals surface area contributed by atoms with Gasteiger partial charge in [-0.2, -0.15) is 5.10 Å². The van der Waals surface area contributed by atoms with Gasteiger partial charge in [0.2, 0.25) is 5.91 Å². The highest BCUT2D eigenvalue weighted by atomic mass is 32.1. The molecule has 7 nitrogen and oxygen atoms in total. The van der Waals surface area contributed by atoms with E-state index in [1.165, 1.54) is 29.5 Å². The zero-order valence-electron chi connectivity index (χ0n) is 16.6. The minimum Gasteiger partial charge on any atom is -0.350 e. The summed E-state index contributed by atoms with van der Waals surface area (Å²) in [4.78, 5) is 34.1. The molecule has 0 saturated carbocycles. The van der Waals surface area contributed by atoms with Gasteiger partial charge in [-0.05, 0) is 49.4 Å². The van der Waals surface area contributed by atoms with Gasteiger partial charge >= 0.3 is 0 Å². The molecule has 0 unspecified atom stereocenters. The topological polar surface area (TPSA) is 89.8 Å². The number of nitrogens with one attached hydrogen (secondary N) is 1. The Kier molecular flexibility index (Phi) is 5.94. The Labute approximate surface area is 181 Å². The first-order chi connectivity index (χ1) is 15.0. The number of hydrogen-bond acceptors (Lipinski definition) is 6. The van der Waals surface area contributed by atoms with Crippen LogP contribution in [0, 0.1) is 12.7 Å². The van der Waals surface area contributed by atoms with Crippen molar-refractivity contribution in [2.75, 3.05) is 0 Å². The number of hydrogen-bond donors (Lipinski definition) is 1. The number of carbonyl (C=O) groups is 1. The summed E-state index contributed by atoms with van der Waals surface area (Å²) in [6.45, 7) is 1.96. The van der Waals surface area contributed by atoms with Gasteiger partial charge in [0.25, 0.3) is 5.56 Å². The van der Waals surface area contributed by atoms with Crippen LogP contribution in [-0.4, -0.2) is 25.7 Å². The lowest BCUT2D eigenvalue weighted by Gasteiger charge is -2.08. The van der Waals surface area contributed by atoms with Crippen LogP contribution < -0.4 is 10.9 Å². The molecule has 0 atom stereocenters. The summed E-state index contributed by atoms with van der Waals surface area (Å²) >= 11 is 1.48. The summed E-state index contributed by atoms with van der Waals surface area (Å²) in [5.41, 5.74) is 2.48. The Balaban J connectivity index is 1.44. The van der Waals surface area contributed by atoms with Crippen molar-refractivity contribution in [2.45, 2.75) is 20.0 Å². The molecule has 0 radical (unpaired) electrons. The van der Waals surface area contributed by atoms with Crippen molar-refractivity contribution in [3.8, 4) is 21.8 Å². The monoisotopic (exact) mass is 435 g/mol. The predicted octanol–water partition coefficient (Wildman–Crippen LogP) is 3.19. The summed E-state index contributed by atoms with van der Waals surface area (Å²) in [5, 5.41) is 7.88. The average molecular weight is 435 g/mol. The van der Waals surface area contributed by atoms with E-state index >= 15 is 0 Å². The Morgan fingerprint density at radius 3 is 2.68 bits per heavy atom. The number of thiazole rings is 1. The van der Waals surface area contributed by atoms with Gasteiger partial charge in [0.15, 0.2) is 0 Å². The van der Waals surface area contributed by atoms with Crippen LogP contribution in [0.5, 0.6) is 0 Å². The maximum absolute atomic E-state index is 13.1. The number of nitrogens with zero attached hydrogens (tertiary/aromatic N) is 4. The van der Waals surface area contributed by atoms with E-state index in [0.29, 0.717) is 17.8 Å². The van der Waals surface area contributed by atoms with Gasteiger partial charge in [-0.25, -0.2) is 14.1 Å². The van der Waals surface area contributed by atoms with Crippen molar-refractivity contribution in [3.05, 3.63) is 87.7 Å². The minimum atomic E-state index is -0.395. The maximum Gasteiger partial charge on any atom is 0.267 e.